The molecule has 0 aromatic carbocycles. The Balaban J connectivity index is 1.87. The maximum Gasteiger partial charge on any atom is 0.139 e. The SMILES string of the molecule is Cc1noc(C)c1CO[C@H]1CCCNC1. The molecule has 1 aromatic heterocycles. The van der Waals surface area contributed by atoms with Gasteiger partial charge in [-0.25, -0.2) is 0 Å². The summed E-state index contributed by atoms with van der Waals surface area (Å²) in [5, 5.41) is 7.24. The second-order valence-corrected chi connectivity index (χ2v) is 4.08. The lowest BCUT2D eigenvalue weighted by Gasteiger charge is -2.22. The van der Waals surface area contributed by atoms with E-state index in [1.165, 1.54) is 6.42 Å². The minimum atomic E-state index is 0.340. The van der Waals surface area contributed by atoms with E-state index < -0.39 is 0 Å². The fourth-order valence-corrected chi connectivity index (χ4v) is 1.87. The summed E-state index contributed by atoms with van der Waals surface area (Å²) < 4.78 is 10.9. The van der Waals surface area contributed by atoms with Gasteiger partial charge < -0.3 is 14.6 Å². The Hall–Kier alpha value is -0.870. The molecule has 0 spiro atoms. The maximum absolute atomic E-state index is 5.83. The molecular formula is C11H18N2O2. The first kappa shape index (κ1) is 10.6. The van der Waals surface area contributed by atoms with Crippen molar-refractivity contribution in [3.63, 3.8) is 0 Å². The van der Waals surface area contributed by atoms with Crippen LogP contribution < -0.4 is 5.32 Å². The van der Waals surface area contributed by atoms with Crippen LogP contribution in [0.15, 0.2) is 4.52 Å². The standard InChI is InChI=1S/C11H18N2O2/c1-8-11(9(2)15-13-8)7-14-10-4-3-5-12-6-10/h10,12H,3-7H2,1-2H3/t10-/m0/s1. The molecule has 0 aliphatic carbocycles. The highest BCUT2D eigenvalue weighted by atomic mass is 16.5. The van der Waals surface area contributed by atoms with Crippen molar-refractivity contribution in [2.24, 2.45) is 0 Å². The molecule has 0 saturated carbocycles. The third kappa shape index (κ3) is 2.58. The summed E-state index contributed by atoms with van der Waals surface area (Å²) in [7, 11) is 0. The van der Waals surface area contributed by atoms with Crippen molar-refractivity contribution in [1.29, 1.82) is 0 Å². The summed E-state index contributed by atoms with van der Waals surface area (Å²) in [6.45, 7) is 6.58. The number of hydrogen-bond donors (Lipinski definition) is 1. The van der Waals surface area contributed by atoms with Crippen molar-refractivity contribution in [3.05, 3.63) is 17.0 Å². The summed E-state index contributed by atoms with van der Waals surface area (Å²) in [4.78, 5) is 0. The van der Waals surface area contributed by atoms with Crippen molar-refractivity contribution >= 4 is 0 Å². The van der Waals surface area contributed by atoms with Crippen LogP contribution in [0.4, 0.5) is 0 Å². The van der Waals surface area contributed by atoms with E-state index in [4.69, 9.17) is 9.26 Å². The third-order valence-electron chi connectivity index (χ3n) is 2.90. The van der Waals surface area contributed by atoms with Crippen LogP contribution in [-0.4, -0.2) is 24.4 Å². The molecule has 84 valence electrons. The zero-order valence-electron chi connectivity index (χ0n) is 9.38. The van der Waals surface area contributed by atoms with Crippen molar-refractivity contribution in [2.75, 3.05) is 13.1 Å². The van der Waals surface area contributed by atoms with Crippen LogP contribution in [0.25, 0.3) is 0 Å². The largest absolute Gasteiger partial charge is 0.372 e. The van der Waals surface area contributed by atoms with Gasteiger partial charge in [-0.2, -0.15) is 0 Å². The Kier molecular flexibility index (Phi) is 3.38. The van der Waals surface area contributed by atoms with Gasteiger partial charge in [0.25, 0.3) is 0 Å². The molecule has 4 heteroatoms. The molecule has 1 saturated heterocycles. The minimum Gasteiger partial charge on any atom is -0.372 e. The summed E-state index contributed by atoms with van der Waals surface area (Å²) in [6, 6.07) is 0. The lowest BCUT2D eigenvalue weighted by molar-refractivity contribution is 0.0245. The number of rotatable bonds is 3. The number of piperidine rings is 1. The lowest BCUT2D eigenvalue weighted by Crippen LogP contribution is -2.35. The van der Waals surface area contributed by atoms with Gasteiger partial charge in [0.05, 0.1) is 18.4 Å². The smallest absolute Gasteiger partial charge is 0.139 e. The van der Waals surface area contributed by atoms with Gasteiger partial charge >= 0.3 is 0 Å². The van der Waals surface area contributed by atoms with Crippen molar-refractivity contribution in [3.8, 4) is 0 Å². The molecule has 1 fully saturated rings. The van der Waals surface area contributed by atoms with E-state index in [0.717, 1.165) is 36.5 Å². The molecule has 0 amide bonds. The fraction of sp³-hybridized carbons (Fsp3) is 0.727. The molecule has 15 heavy (non-hydrogen) atoms. The Labute approximate surface area is 90.0 Å². The Bertz CT molecular complexity index is 297. The molecule has 1 N–H and O–H groups in total. The molecule has 1 aromatic rings. The van der Waals surface area contributed by atoms with Crippen LogP contribution in [0, 0.1) is 13.8 Å². The molecule has 0 unspecified atom stereocenters. The first-order chi connectivity index (χ1) is 7.27. The van der Waals surface area contributed by atoms with Crippen LogP contribution in [-0.2, 0) is 11.3 Å². The first-order valence-corrected chi connectivity index (χ1v) is 5.51. The van der Waals surface area contributed by atoms with E-state index in [1.807, 2.05) is 13.8 Å². The van der Waals surface area contributed by atoms with Crippen LogP contribution >= 0.6 is 0 Å². The minimum absolute atomic E-state index is 0.340. The highest BCUT2D eigenvalue weighted by Gasteiger charge is 2.15. The second kappa shape index (κ2) is 4.77. The number of aromatic nitrogens is 1. The van der Waals surface area contributed by atoms with Crippen molar-refractivity contribution in [2.45, 2.75) is 39.4 Å². The van der Waals surface area contributed by atoms with Gasteiger partial charge in [-0.3, -0.25) is 0 Å². The summed E-state index contributed by atoms with van der Waals surface area (Å²) in [6.07, 6.45) is 2.69. The first-order valence-electron chi connectivity index (χ1n) is 5.51. The summed E-state index contributed by atoms with van der Waals surface area (Å²) in [5.74, 6) is 0.872. The third-order valence-corrected chi connectivity index (χ3v) is 2.90. The lowest BCUT2D eigenvalue weighted by atomic mass is 10.1. The Morgan fingerprint density at radius 1 is 1.53 bits per heavy atom. The fourth-order valence-electron chi connectivity index (χ4n) is 1.87. The van der Waals surface area contributed by atoms with Crippen LogP contribution in [0.1, 0.15) is 29.9 Å². The van der Waals surface area contributed by atoms with Gasteiger partial charge in [-0.05, 0) is 33.2 Å². The van der Waals surface area contributed by atoms with Crippen LogP contribution in [0.2, 0.25) is 0 Å². The highest BCUT2D eigenvalue weighted by molar-refractivity contribution is 5.19. The molecular weight excluding hydrogens is 192 g/mol. The van der Waals surface area contributed by atoms with Gasteiger partial charge in [0.1, 0.15) is 5.76 Å². The van der Waals surface area contributed by atoms with Gasteiger partial charge in [0.15, 0.2) is 0 Å². The number of aryl methyl sites for hydroxylation is 2. The number of nitrogens with zero attached hydrogens (tertiary/aromatic N) is 1. The van der Waals surface area contributed by atoms with E-state index in [1.54, 1.807) is 0 Å². The van der Waals surface area contributed by atoms with E-state index in [2.05, 4.69) is 10.5 Å². The summed E-state index contributed by atoms with van der Waals surface area (Å²) >= 11 is 0. The second-order valence-electron chi connectivity index (χ2n) is 4.08. The van der Waals surface area contributed by atoms with Gasteiger partial charge in [-0.15, -0.1) is 0 Å². The van der Waals surface area contributed by atoms with Gasteiger partial charge in [0, 0.05) is 12.1 Å². The molecule has 2 rings (SSSR count). The summed E-state index contributed by atoms with van der Waals surface area (Å²) in [5.41, 5.74) is 2.04. The van der Waals surface area contributed by atoms with Gasteiger partial charge in [-0.1, -0.05) is 5.16 Å². The van der Waals surface area contributed by atoms with Gasteiger partial charge in [0.2, 0.25) is 0 Å². The van der Waals surface area contributed by atoms with Crippen molar-refractivity contribution in [1.82, 2.24) is 10.5 Å². The highest BCUT2D eigenvalue weighted by Crippen LogP contribution is 2.16. The Morgan fingerprint density at radius 3 is 3.00 bits per heavy atom. The zero-order valence-corrected chi connectivity index (χ0v) is 9.38. The predicted molar refractivity (Wildman–Crippen MR) is 56.7 cm³/mol. The molecule has 1 aliphatic heterocycles. The molecule has 0 radical (unpaired) electrons. The maximum atomic E-state index is 5.83. The molecule has 1 aliphatic rings. The number of hydrogen-bond acceptors (Lipinski definition) is 4. The van der Waals surface area contributed by atoms with E-state index in [-0.39, 0.29) is 0 Å². The number of ether oxygens (including phenoxy) is 1. The predicted octanol–water partition coefficient (Wildman–Crippen LogP) is 1.56. The quantitative estimate of drug-likeness (QED) is 0.822. The number of nitrogens with one attached hydrogen (secondary N) is 1. The van der Waals surface area contributed by atoms with Crippen LogP contribution in [0.3, 0.4) is 0 Å². The average Bonchev–Trinajstić information content (AvgIpc) is 2.58. The van der Waals surface area contributed by atoms with Crippen LogP contribution in [0.5, 0.6) is 0 Å². The average molecular weight is 210 g/mol. The van der Waals surface area contributed by atoms with E-state index in [0.29, 0.717) is 12.7 Å². The normalized spacial score (nSPS) is 21.9. The topological polar surface area (TPSA) is 47.3 Å². The molecule has 4 nitrogen and oxygen atoms in total. The Morgan fingerprint density at radius 2 is 2.40 bits per heavy atom. The molecule has 2 heterocycles. The molecule has 1 atom stereocenters. The van der Waals surface area contributed by atoms with Crippen molar-refractivity contribution < 1.29 is 9.26 Å². The van der Waals surface area contributed by atoms with E-state index >= 15 is 0 Å². The monoisotopic (exact) mass is 210 g/mol. The molecule has 0 bridgehead atoms. The van der Waals surface area contributed by atoms with E-state index in [9.17, 15) is 0 Å². The zero-order chi connectivity index (χ0) is 10.7.